The molecule has 86 valence electrons. The molecule has 0 amide bonds. The Morgan fingerprint density at radius 2 is 2.00 bits per heavy atom. The lowest BCUT2D eigenvalue weighted by Gasteiger charge is -2.08. The van der Waals surface area contributed by atoms with E-state index in [1.807, 2.05) is 0 Å². The number of cyclic esters (lactones) is 1. The van der Waals surface area contributed by atoms with Gasteiger partial charge in [-0.3, -0.25) is 4.79 Å². The van der Waals surface area contributed by atoms with Crippen LogP contribution in [0.3, 0.4) is 0 Å². The molecular formula is C10H9F2NO2S. The Balaban J connectivity index is 2.24. The van der Waals surface area contributed by atoms with Crippen molar-refractivity contribution in [1.82, 2.24) is 0 Å². The molecule has 1 saturated heterocycles. The quantitative estimate of drug-likeness (QED) is 0.639. The van der Waals surface area contributed by atoms with E-state index >= 15 is 0 Å². The molecule has 2 rings (SSSR count). The van der Waals surface area contributed by atoms with Crippen molar-refractivity contribution in [2.75, 3.05) is 12.3 Å². The number of carbonyl (C=O) groups is 1. The average molecular weight is 245 g/mol. The summed E-state index contributed by atoms with van der Waals surface area (Å²) >= 11 is 0.841. The van der Waals surface area contributed by atoms with Gasteiger partial charge >= 0.3 is 5.97 Å². The Labute approximate surface area is 95.0 Å². The molecule has 0 aromatic heterocycles. The molecule has 0 aliphatic carbocycles. The first-order valence-electron chi connectivity index (χ1n) is 4.66. The number of halogens is 2. The van der Waals surface area contributed by atoms with Gasteiger partial charge in [-0.15, -0.1) is 11.8 Å². The van der Waals surface area contributed by atoms with Gasteiger partial charge < -0.3 is 10.5 Å². The largest absolute Gasteiger partial charge is 0.465 e. The summed E-state index contributed by atoms with van der Waals surface area (Å²) in [5, 5.41) is -0.535. The maximum absolute atomic E-state index is 13.4. The third-order valence-electron chi connectivity index (χ3n) is 2.17. The number of nitrogen functional groups attached to an aromatic ring is 1. The first kappa shape index (κ1) is 11.2. The Hall–Kier alpha value is -1.30. The number of carbonyl (C=O) groups excluding carboxylic acids is 1. The zero-order valence-electron chi connectivity index (χ0n) is 8.20. The molecule has 1 unspecified atom stereocenters. The second kappa shape index (κ2) is 4.29. The summed E-state index contributed by atoms with van der Waals surface area (Å²) in [7, 11) is 0. The summed E-state index contributed by atoms with van der Waals surface area (Å²) in [6.07, 6.45) is 0.465. The molecule has 1 fully saturated rings. The van der Waals surface area contributed by atoms with Crippen LogP contribution in [0, 0.1) is 11.6 Å². The minimum atomic E-state index is -0.748. The predicted molar refractivity (Wildman–Crippen MR) is 56.0 cm³/mol. The number of rotatable bonds is 2. The van der Waals surface area contributed by atoms with E-state index in [9.17, 15) is 13.6 Å². The number of ether oxygens (including phenoxy) is 1. The van der Waals surface area contributed by atoms with E-state index in [2.05, 4.69) is 0 Å². The van der Waals surface area contributed by atoms with Gasteiger partial charge in [0.1, 0.15) is 16.9 Å². The lowest BCUT2D eigenvalue weighted by atomic mass is 10.3. The minimum Gasteiger partial charge on any atom is -0.465 e. The van der Waals surface area contributed by atoms with Crippen molar-refractivity contribution in [2.45, 2.75) is 16.6 Å². The van der Waals surface area contributed by atoms with E-state index in [1.165, 1.54) is 0 Å². The Bertz CT molecular complexity index is 416. The summed E-state index contributed by atoms with van der Waals surface area (Å²) in [5.74, 6) is -1.93. The summed E-state index contributed by atoms with van der Waals surface area (Å²) in [5.41, 5.74) is 5.30. The molecule has 3 nitrogen and oxygen atoms in total. The van der Waals surface area contributed by atoms with E-state index in [1.54, 1.807) is 0 Å². The summed E-state index contributed by atoms with van der Waals surface area (Å²) in [6, 6.07) is 2.07. The van der Waals surface area contributed by atoms with Gasteiger partial charge in [-0.2, -0.15) is 0 Å². The average Bonchev–Trinajstić information content (AvgIpc) is 2.57. The molecule has 1 aliphatic heterocycles. The van der Waals surface area contributed by atoms with Crippen LogP contribution in [0.1, 0.15) is 6.42 Å². The number of thioether (sulfide) groups is 1. The number of esters is 1. The number of anilines is 1. The number of hydrogen-bond donors (Lipinski definition) is 1. The van der Waals surface area contributed by atoms with Gasteiger partial charge in [0.2, 0.25) is 0 Å². The molecule has 0 spiro atoms. The highest BCUT2D eigenvalue weighted by atomic mass is 32.2. The predicted octanol–water partition coefficient (Wildman–Crippen LogP) is 1.95. The van der Waals surface area contributed by atoms with E-state index in [0.717, 1.165) is 23.9 Å². The molecule has 1 aromatic rings. The lowest BCUT2D eigenvalue weighted by Crippen LogP contribution is -2.10. The maximum atomic E-state index is 13.4. The van der Waals surface area contributed by atoms with Crippen molar-refractivity contribution >= 4 is 23.4 Å². The first-order valence-corrected chi connectivity index (χ1v) is 5.53. The molecule has 1 aromatic carbocycles. The Morgan fingerprint density at radius 1 is 1.38 bits per heavy atom. The van der Waals surface area contributed by atoms with E-state index in [-0.39, 0.29) is 10.6 Å². The molecule has 0 bridgehead atoms. The standard InChI is InChI=1S/C10H9F2NO2S/c11-6-3-5(13)4-7(12)9(6)16-8-1-2-15-10(8)14/h3-4,8H,1-2,13H2. The SMILES string of the molecule is Nc1cc(F)c(SC2CCOC2=O)c(F)c1. The fraction of sp³-hybridized carbons (Fsp3) is 0.300. The number of benzene rings is 1. The molecule has 16 heavy (non-hydrogen) atoms. The van der Waals surface area contributed by atoms with E-state index < -0.39 is 22.9 Å². The second-order valence-corrected chi connectivity index (χ2v) is 4.59. The van der Waals surface area contributed by atoms with Gasteiger partial charge in [0.05, 0.1) is 11.5 Å². The summed E-state index contributed by atoms with van der Waals surface area (Å²) in [4.78, 5) is 11.0. The molecule has 2 N–H and O–H groups in total. The Morgan fingerprint density at radius 3 is 2.50 bits per heavy atom. The van der Waals surface area contributed by atoms with Crippen LogP contribution in [0.4, 0.5) is 14.5 Å². The Kier molecular flexibility index (Phi) is 3.00. The first-order chi connectivity index (χ1) is 7.58. The zero-order valence-corrected chi connectivity index (χ0v) is 9.02. The number of hydrogen-bond acceptors (Lipinski definition) is 4. The van der Waals surface area contributed by atoms with Crippen molar-refractivity contribution in [3.63, 3.8) is 0 Å². The van der Waals surface area contributed by atoms with Crippen LogP contribution >= 0.6 is 11.8 Å². The van der Waals surface area contributed by atoms with Crippen LogP contribution in [0.15, 0.2) is 17.0 Å². The van der Waals surface area contributed by atoms with Crippen LogP contribution in [-0.2, 0) is 9.53 Å². The second-order valence-electron chi connectivity index (χ2n) is 3.38. The maximum Gasteiger partial charge on any atom is 0.319 e. The molecule has 0 radical (unpaired) electrons. The van der Waals surface area contributed by atoms with E-state index in [0.29, 0.717) is 13.0 Å². The summed E-state index contributed by atoms with van der Waals surface area (Å²) in [6.45, 7) is 0.300. The fourth-order valence-electron chi connectivity index (χ4n) is 1.42. The normalized spacial score (nSPS) is 19.9. The monoisotopic (exact) mass is 245 g/mol. The molecule has 1 atom stereocenters. The van der Waals surface area contributed by atoms with Crippen LogP contribution in [0.5, 0.6) is 0 Å². The zero-order chi connectivity index (χ0) is 11.7. The lowest BCUT2D eigenvalue weighted by molar-refractivity contribution is -0.137. The molecule has 1 aliphatic rings. The molecular weight excluding hydrogens is 236 g/mol. The van der Waals surface area contributed by atoms with Gasteiger partial charge in [-0.05, 0) is 12.1 Å². The third kappa shape index (κ3) is 2.11. The topological polar surface area (TPSA) is 52.3 Å². The van der Waals surface area contributed by atoms with Gasteiger partial charge in [-0.25, -0.2) is 8.78 Å². The van der Waals surface area contributed by atoms with Crippen LogP contribution in [0.2, 0.25) is 0 Å². The summed E-state index contributed by atoms with van der Waals surface area (Å²) < 4.78 is 31.5. The van der Waals surface area contributed by atoms with E-state index in [4.69, 9.17) is 10.5 Å². The highest BCUT2D eigenvalue weighted by Gasteiger charge is 2.29. The number of nitrogens with two attached hydrogens (primary N) is 1. The van der Waals surface area contributed by atoms with Gasteiger partial charge in [0, 0.05) is 12.1 Å². The minimum absolute atomic E-state index is 0.0216. The van der Waals surface area contributed by atoms with Gasteiger partial charge in [0.15, 0.2) is 0 Å². The van der Waals surface area contributed by atoms with Crippen molar-refractivity contribution in [1.29, 1.82) is 0 Å². The van der Waals surface area contributed by atoms with Crippen LogP contribution in [-0.4, -0.2) is 17.8 Å². The van der Waals surface area contributed by atoms with Gasteiger partial charge in [0.25, 0.3) is 0 Å². The highest BCUT2D eigenvalue weighted by Crippen LogP contribution is 2.34. The van der Waals surface area contributed by atoms with Crippen molar-refractivity contribution in [3.8, 4) is 0 Å². The van der Waals surface area contributed by atoms with Crippen molar-refractivity contribution < 1.29 is 18.3 Å². The smallest absolute Gasteiger partial charge is 0.319 e. The molecule has 0 saturated carbocycles. The fourth-order valence-corrected chi connectivity index (χ4v) is 2.42. The third-order valence-corrected chi connectivity index (χ3v) is 3.51. The van der Waals surface area contributed by atoms with Crippen molar-refractivity contribution in [2.24, 2.45) is 0 Å². The highest BCUT2D eigenvalue weighted by molar-refractivity contribution is 8.00. The molecule has 1 heterocycles. The van der Waals surface area contributed by atoms with Crippen molar-refractivity contribution in [3.05, 3.63) is 23.8 Å². The van der Waals surface area contributed by atoms with Crippen LogP contribution in [0.25, 0.3) is 0 Å². The molecule has 6 heteroatoms. The van der Waals surface area contributed by atoms with Crippen LogP contribution < -0.4 is 5.73 Å². The van der Waals surface area contributed by atoms with Gasteiger partial charge in [-0.1, -0.05) is 0 Å².